The van der Waals surface area contributed by atoms with E-state index in [1.807, 2.05) is 0 Å². The van der Waals surface area contributed by atoms with E-state index in [0.717, 1.165) is 45.2 Å². The van der Waals surface area contributed by atoms with Crippen molar-refractivity contribution >= 4 is 23.6 Å². The lowest BCUT2D eigenvalue weighted by Gasteiger charge is -2.36. The molecule has 2 aromatic rings. The summed E-state index contributed by atoms with van der Waals surface area (Å²) in [6.07, 6.45) is 0.297. The number of alkyl halides is 3. The van der Waals surface area contributed by atoms with Crippen LogP contribution in [0.4, 0.5) is 24.8 Å². The molecule has 3 heterocycles. The highest BCUT2D eigenvalue weighted by atomic mass is 32.2. The SMILES string of the molecule is COc1nc(NC2CCN(Sc3ccc(N4CCC(N(C)C)CC4)cc3)CC2)ncc1C(F)(F)F. The Labute approximate surface area is 209 Å². The largest absolute Gasteiger partial charge is 0.480 e. The second kappa shape index (κ2) is 11.2. The summed E-state index contributed by atoms with van der Waals surface area (Å²) in [6.45, 7) is 3.90. The third kappa shape index (κ3) is 6.71. The molecule has 2 aliphatic rings. The molecule has 1 aromatic carbocycles. The predicted octanol–water partition coefficient (Wildman–Crippen LogP) is 4.62. The molecule has 4 rings (SSSR count). The molecule has 0 saturated carbocycles. The minimum Gasteiger partial charge on any atom is -0.480 e. The van der Waals surface area contributed by atoms with Crippen LogP contribution in [0.25, 0.3) is 0 Å². The van der Waals surface area contributed by atoms with E-state index in [-0.39, 0.29) is 12.0 Å². The van der Waals surface area contributed by atoms with Gasteiger partial charge in [0.2, 0.25) is 11.8 Å². The number of nitrogens with one attached hydrogen (secondary N) is 1. The third-order valence-corrected chi connectivity index (χ3v) is 7.78. The van der Waals surface area contributed by atoms with Gasteiger partial charge in [-0.25, -0.2) is 9.29 Å². The molecule has 0 spiro atoms. The maximum absolute atomic E-state index is 13.0. The first-order valence-corrected chi connectivity index (χ1v) is 12.7. The maximum atomic E-state index is 13.0. The van der Waals surface area contributed by atoms with Gasteiger partial charge in [0.25, 0.3) is 0 Å². The summed E-state index contributed by atoms with van der Waals surface area (Å²) in [5.74, 6) is -0.306. The van der Waals surface area contributed by atoms with Crippen molar-refractivity contribution in [1.29, 1.82) is 0 Å². The number of piperidine rings is 2. The van der Waals surface area contributed by atoms with Crippen LogP contribution in [0.15, 0.2) is 35.4 Å². The third-order valence-electron chi connectivity index (χ3n) is 6.67. The summed E-state index contributed by atoms with van der Waals surface area (Å²) in [4.78, 5) is 13.7. The molecule has 2 aliphatic heterocycles. The van der Waals surface area contributed by atoms with Crippen LogP contribution in [-0.2, 0) is 6.18 Å². The smallest absolute Gasteiger partial charge is 0.423 e. The second-order valence-electron chi connectivity index (χ2n) is 9.23. The van der Waals surface area contributed by atoms with Crippen LogP contribution in [0.2, 0.25) is 0 Å². The molecule has 2 fully saturated rings. The van der Waals surface area contributed by atoms with E-state index in [1.54, 1.807) is 11.9 Å². The van der Waals surface area contributed by atoms with Gasteiger partial charge in [-0.1, -0.05) is 0 Å². The van der Waals surface area contributed by atoms with Crippen molar-refractivity contribution in [2.24, 2.45) is 0 Å². The monoisotopic (exact) mass is 510 g/mol. The highest BCUT2D eigenvalue weighted by Gasteiger charge is 2.36. The first kappa shape index (κ1) is 25.8. The van der Waals surface area contributed by atoms with E-state index in [9.17, 15) is 13.2 Å². The molecule has 0 amide bonds. The Balaban J connectivity index is 1.24. The van der Waals surface area contributed by atoms with Crippen molar-refractivity contribution in [1.82, 2.24) is 19.2 Å². The van der Waals surface area contributed by atoms with Gasteiger partial charge in [-0.3, -0.25) is 0 Å². The molecule has 35 heavy (non-hydrogen) atoms. The molecule has 7 nitrogen and oxygen atoms in total. The van der Waals surface area contributed by atoms with E-state index in [1.165, 1.54) is 30.5 Å². The van der Waals surface area contributed by atoms with Gasteiger partial charge in [0, 0.05) is 55.0 Å². The molecule has 11 heteroatoms. The van der Waals surface area contributed by atoms with E-state index in [4.69, 9.17) is 4.74 Å². The van der Waals surface area contributed by atoms with Crippen molar-refractivity contribution in [2.45, 2.75) is 48.8 Å². The fourth-order valence-electron chi connectivity index (χ4n) is 4.57. The lowest BCUT2D eigenvalue weighted by Crippen LogP contribution is -2.41. The van der Waals surface area contributed by atoms with E-state index < -0.39 is 17.6 Å². The van der Waals surface area contributed by atoms with Crippen LogP contribution in [-0.4, -0.2) is 78.6 Å². The average molecular weight is 511 g/mol. The normalized spacial score (nSPS) is 18.8. The van der Waals surface area contributed by atoms with Gasteiger partial charge in [0.1, 0.15) is 5.56 Å². The summed E-state index contributed by atoms with van der Waals surface area (Å²) in [7, 11) is 5.49. The van der Waals surface area contributed by atoms with E-state index in [2.05, 4.69) is 67.8 Å². The van der Waals surface area contributed by atoms with Gasteiger partial charge in [-0.05, 0) is 76.0 Å². The lowest BCUT2D eigenvalue weighted by molar-refractivity contribution is -0.139. The van der Waals surface area contributed by atoms with Crippen molar-refractivity contribution < 1.29 is 17.9 Å². The van der Waals surface area contributed by atoms with Crippen LogP contribution in [0.5, 0.6) is 5.88 Å². The number of anilines is 2. The highest BCUT2D eigenvalue weighted by molar-refractivity contribution is 7.97. The number of ether oxygens (including phenoxy) is 1. The average Bonchev–Trinajstić information content (AvgIpc) is 2.85. The van der Waals surface area contributed by atoms with Crippen LogP contribution in [0, 0.1) is 0 Å². The number of methoxy groups -OCH3 is 1. The quantitative estimate of drug-likeness (QED) is 0.542. The Morgan fingerprint density at radius 3 is 2.26 bits per heavy atom. The first-order chi connectivity index (χ1) is 16.7. The minimum absolute atomic E-state index is 0.0979. The number of hydrogen-bond acceptors (Lipinski definition) is 8. The van der Waals surface area contributed by atoms with Crippen LogP contribution in [0.3, 0.4) is 0 Å². The Hall–Kier alpha value is -2.24. The highest BCUT2D eigenvalue weighted by Crippen LogP contribution is 2.35. The Kier molecular flexibility index (Phi) is 8.28. The van der Waals surface area contributed by atoms with Gasteiger partial charge in [0.15, 0.2) is 0 Å². The van der Waals surface area contributed by atoms with Gasteiger partial charge >= 0.3 is 6.18 Å². The molecular weight excluding hydrogens is 477 g/mol. The minimum atomic E-state index is -4.55. The van der Waals surface area contributed by atoms with E-state index in [0.29, 0.717) is 6.04 Å². The summed E-state index contributed by atoms with van der Waals surface area (Å²) < 4.78 is 46.2. The number of nitrogens with zero attached hydrogens (tertiary/aromatic N) is 5. The molecular formula is C24H33F3N6OS. The number of rotatable bonds is 7. The summed E-state index contributed by atoms with van der Waals surface area (Å²) >= 11 is 1.75. The fraction of sp³-hybridized carbons (Fsp3) is 0.583. The van der Waals surface area contributed by atoms with Crippen LogP contribution < -0.4 is 15.0 Å². The lowest BCUT2D eigenvalue weighted by atomic mass is 10.0. The number of benzene rings is 1. The summed E-state index contributed by atoms with van der Waals surface area (Å²) in [5.41, 5.74) is 0.308. The molecule has 0 atom stereocenters. The zero-order valence-corrected chi connectivity index (χ0v) is 21.2. The van der Waals surface area contributed by atoms with Gasteiger partial charge in [-0.15, -0.1) is 0 Å². The number of hydrogen-bond donors (Lipinski definition) is 1. The zero-order valence-electron chi connectivity index (χ0n) is 20.4. The molecule has 0 unspecified atom stereocenters. The van der Waals surface area contributed by atoms with E-state index >= 15 is 0 Å². The van der Waals surface area contributed by atoms with Gasteiger partial charge in [0.05, 0.1) is 7.11 Å². The van der Waals surface area contributed by atoms with Gasteiger partial charge < -0.3 is 19.9 Å². The molecule has 1 aromatic heterocycles. The van der Waals surface area contributed by atoms with Crippen LogP contribution in [0.1, 0.15) is 31.2 Å². The first-order valence-electron chi connectivity index (χ1n) is 11.9. The Morgan fingerprint density at radius 1 is 1.03 bits per heavy atom. The Morgan fingerprint density at radius 2 is 1.69 bits per heavy atom. The van der Waals surface area contributed by atoms with Crippen molar-refractivity contribution in [3.63, 3.8) is 0 Å². The van der Waals surface area contributed by atoms with Crippen molar-refractivity contribution in [3.8, 4) is 5.88 Å². The Bertz CT molecular complexity index is 959. The maximum Gasteiger partial charge on any atom is 0.423 e. The van der Waals surface area contributed by atoms with Gasteiger partial charge in [-0.2, -0.15) is 18.2 Å². The molecule has 1 N–H and O–H groups in total. The van der Waals surface area contributed by atoms with Crippen molar-refractivity contribution in [3.05, 3.63) is 36.0 Å². The summed E-state index contributed by atoms with van der Waals surface area (Å²) in [5, 5.41) is 3.16. The molecule has 2 saturated heterocycles. The summed E-state index contributed by atoms with van der Waals surface area (Å²) in [6, 6.07) is 9.56. The molecule has 0 aliphatic carbocycles. The fourth-order valence-corrected chi connectivity index (χ4v) is 5.52. The predicted molar refractivity (Wildman–Crippen MR) is 133 cm³/mol. The molecule has 192 valence electrons. The topological polar surface area (TPSA) is 56.8 Å². The number of halogens is 3. The van der Waals surface area contributed by atoms with Crippen LogP contribution >= 0.6 is 11.9 Å². The zero-order chi connectivity index (χ0) is 25.0. The molecule has 0 radical (unpaired) electrons. The second-order valence-corrected chi connectivity index (χ2v) is 10.4. The van der Waals surface area contributed by atoms with Crippen molar-refractivity contribution in [2.75, 3.05) is 57.6 Å². The standard InChI is InChI=1S/C24H33F3N6OS/c1-31(2)18-10-12-32(13-11-18)19-4-6-20(7-5-19)35-33-14-8-17(9-15-33)29-23-28-16-21(24(25,26)27)22(30-23)34-3/h4-7,16-18H,8-15H2,1-3H3,(H,28,29,30). The number of aromatic nitrogens is 2. The molecule has 0 bridgehead atoms.